The molecule has 2 rings (SSSR count). The van der Waals surface area contributed by atoms with Crippen LogP contribution in [-0.4, -0.2) is 18.5 Å². The first kappa shape index (κ1) is 18.8. The Labute approximate surface area is 133 Å². The number of amides is 1. The number of nitrogens with two attached hydrogens (primary N) is 1. The summed E-state index contributed by atoms with van der Waals surface area (Å²) < 4.78 is 38.0. The fraction of sp³-hybridized carbons (Fsp3) is 0.533. The predicted octanol–water partition coefficient (Wildman–Crippen LogP) is 3.08. The van der Waals surface area contributed by atoms with Gasteiger partial charge in [-0.05, 0) is 37.3 Å². The van der Waals surface area contributed by atoms with Crippen molar-refractivity contribution in [2.45, 2.75) is 37.9 Å². The fourth-order valence-electron chi connectivity index (χ4n) is 2.35. The number of halogens is 4. The molecule has 0 heterocycles. The van der Waals surface area contributed by atoms with Gasteiger partial charge in [-0.1, -0.05) is 18.2 Å². The van der Waals surface area contributed by atoms with Crippen LogP contribution in [0, 0.1) is 5.92 Å². The lowest BCUT2D eigenvalue weighted by atomic mass is 10.1. The second-order valence-corrected chi connectivity index (χ2v) is 5.63. The van der Waals surface area contributed by atoms with Crippen LogP contribution in [0.5, 0.6) is 0 Å². The Morgan fingerprint density at radius 1 is 1.45 bits per heavy atom. The van der Waals surface area contributed by atoms with Gasteiger partial charge in [0.15, 0.2) is 0 Å². The van der Waals surface area contributed by atoms with Crippen LogP contribution < -0.4 is 11.1 Å². The molecule has 0 saturated heterocycles. The second-order valence-electron chi connectivity index (χ2n) is 5.63. The zero-order chi connectivity index (χ0) is 15.6. The van der Waals surface area contributed by atoms with Crippen molar-refractivity contribution in [3.8, 4) is 0 Å². The molecule has 3 N–H and O–H groups in total. The number of carbonyl (C=O) groups excluding carboxylic acids is 1. The quantitative estimate of drug-likeness (QED) is 0.868. The summed E-state index contributed by atoms with van der Waals surface area (Å²) >= 11 is 0. The third-order valence-corrected chi connectivity index (χ3v) is 3.67. The van der Waals surface area contributed by atoms with E-state index >= 15 is 0 Å². The summed E-state index contributed by atoms with van der Waals surface area (Å²) in [5, 5.41) is 2.78. The van der Waals surface area contributed by atoms with E-state index in [1.165, 1.54) is 6.07 Å². The molecule has 1 aliphatic carbocycles. The third kappa shape index (κ3) is 4.88. The van der Waals surface area contributed by atoms with E-state index in [0.29, 0.717) is 24.9 Å². The van der Waals surface area contributed by atoms with Crippen molar-refractivity contribution in [2.75, 3.05) is 6.54 Å². The summed E-state index contributed by atoms with van der Waals surface area (Å²) in [6.07, 6.45) is -3.06. The summed E-state index contributed by atoms with van der Waals surface area (Å²) in [4.78, 5) is 11.9. The van der Waals surface area contributed by atoms with Gasteiger partial charge in [0.1, 0.15) is 0 Å². The number of hydrogen-bond donors (Lipinski definition) is 2. The fourth-order valence-corrected chi connectivity index (χ4v) is 2.35. The van der Waals surface area contributed by atoms with Crippen LogP contribution in [0.1, 0.15) is 36.8 Å². The molecule has 1 aliphatic rings. The smallest absolute Gasteiger partial charge is 0.356 e. The Kier molecular flexibility index (Phi) is 6.26. The van der Waals surface area contributed by atoms with Gasteiger partial charge in [-0.2, -0.15) is 13.2 Å². The summed E-state index contributed by atoms with van der Waals surface area (Å²) in [6, 6.07) is 5.24. The average Bonchev–Trinajstić information content (AvgIpc) is 3.17. The van der Waals surface area contributed by atoms with Crippen LogP contribution in [0.25, 0.3) is 0 Å². The number of benzene rings is 1. The summed E-state index contributed by atoms with van der Waals surface area (Å²) in [5.41, 5.74) is 5.51. The van der Waals surface area contributed by atoms with Crippen molar-refractivity contribution in [3.63, 3.8) is 0 Å². The number of carbonyl (C=O) groups is 1. The van der Waals surface area contributed by atoms with Crippen LogP contribution in [0.2, 0.25) is 0 Å². The molecule has 0 aliphatic heterocycles. The molecule has 0 spiro atoms. The molecule has 3 unspecified atom stereocenters. The van der Waals surface area contributed by atoms with E-state index in [1.54, 1.807) is 6.07 Å². The Hall–Kier alpha value is -1.27. The van der Waals surface area contributed by atoms with Gasteiger partial charge in [-0.3, -0.25) is 4.79 Å². The molecule has 1 aromatic carbocycles. The van der Waals surface area contributed by atoms with Crippen LogP contribution in [-0.2, 0) is 11.0 Å². The molecule has 3 nitrogen and oxygen atoms in total. The largest absolute Gasteiger partial charge is 0.416 e. The Morgan fingerprint density at radius 2 is 2.14 bits per heavy atom. The van der Waals surface area contributed by atoms with Crippen LogP contribution in [0.15, 0.2) is 24.3 Å². The van der Waals surface area contributed by atoms with Crippen LogP contribution in [0.4, 0.5) is 13.2 Å². The molecular weight excluding hydrogens is 317 g/mol. The minimum atomic E-state index is -4.35. The van der Waals surface area contributed by atoms with E-state index in [0.717, 1.165) is 12.1 Å². The lowest BCUT2D eigenvalue weighted by Gasteiger charge is -2.09. The zero-order valence-electron chi connectivity index (χ0n) is 12.2. The van der Waals surface area contributed by atoms with E-state index in [9.17, 15) is 18.0 Å². The van der Waals surface area contributed by atoms with Crippen molar-refractivity contribution >= 4 is 18.3 Å². The molecule has 0 radical (unpaired) electrons. The first-order chi connectivity index (χ1) is 9.79. The van der Waals surface area contributed by atoms with Crippen LogP contribution in [0.3, 0.4) is 0 Å². The van der Waals surface area contributed by atoms with Gasteiger partial charge < -0.3 is 11.1 Å². The molecule has 22 heavy (non-hydrogen) atoms. The standard InChI is InChI=1S/C15H19F3N2O.ClH/c1-9(19)5-6-20-14(21)13-8-12(13)10-3-2-4-11(7-10)15(16,17)18;/h2-4,7,9,12-13H,5-6,8,19H2,1H3,(H,20,21);1H. The van der Waals surface area contributed by atoms with Gasteiger partial charge in [0.05, 0.1) is 5.56 Å². The number of hydrogen-bond acceptors (Lipinski definition) is 2. The number of alkyl halides is 3. The van der Waals surface area contributed by atoms with E-state index in [2.05, 4.69) is 5.32 Å². The molecule has 7 heteroatoms. The predicted molar refractivity (Wildman–Crippen MR) is 80.8 cm³/mol. The summed E-state index contributed by atoms with van der Waals surface area (Å²) in [7, 11) is 0. The van der Waals surface area contributed by atoms with E-state index in [1.807, 2.05) is 6.92 Å². The average molecular weight is 337 g/mol. The third-order valence-electron chi connectivity index (χ3n) is 3.67. The first-order valence-electron chi connectivity index (χ1n) is 6.99. The molecular formula is C15H20ClF3N2O. The molecule has 3 atom stereocenters. The Bertz CT molecular complexity index is 520. The highest BCUT2D eigenvalue weighted by Gasteiger charge is 2.44. The second kappa shape index (κ2) is 7.33. The lowest BCUT2D eigenvalue weighted by molar-refractivity contribution is -0.137. The molecule has 1 fully saturated rings. The van der Waals surface area contributed by atoms with Gasteiger partial charge in [-0.15, -0.1) is 12.4 Å². The lowest BCUT2D eigenvalue weighted by Crippen LogP contribution is -2.30. The van der Waals surface area contributed by atoms with Gasteiger partial charge >= 0.3 is 6.18 Å². The first-order valence-corrected chi connectivity index (χ1v) is 6.99. The molecule has 124 valence electrons. The van der Waals surface area contributed by atoms with Gasteiger partial charge in [0, 0.05) is 18.5 Å². The zero-order valence-corrected chi connectivity index (χ0v) is 13.0. The SMILES string of the molecule is CC(N)CCNC(=O)C1CC1c1cccc(C(F)(F)F)c1.Cl. The summed E-state index contributed by atoms with van der Waals surface area (Å²) in [5.74, 6) is -0.428. The normalized spacial score (nSPS) is 21.7. The van der Waals surface area contributed by atoms with Crippen LogP contribution >= 0.6 is 12.4 Å². The Morgan fingerprint density at radius 3 is 2.73 bits per heavy atom. The van der Waals surface area contributed by atoms with Gasteiger partial charge in [-0.25, -0.2) is 0 Å². The molecule has 0 bridgehead atoms. The maximum absolute atomic E-state index is 12.7. The molecule has 1 aromatic rings. The highest BCUT2D eigenvalue weighted by molar-refractivity contribution is 5.85. The Balaban J connectivity index is 0.00000242. The maximum atomic E-state index is 12.7. The molecule has 1 saturated carbocycles. The topological polar surface area (TPSA) is 55.1 Å². The minimum Gasteiger partial charge on any atom is -0.356 e. The van der Waals surface area contributed by atoms with Gasteiger partial charge in [0.2, 0.25) is 5.91 Å². The molecule has 0 aromatic heterocycles. The van der Waals surface area contributed by atoms with E-state index in [4.69, 9.17) is 5.73 Å². The highest BCUT2D eigenvalue weighted by Crippen LogP contribution is 2.48. The molecule has 1 amide bonds. The van der Waals surface area contributed by atoms with Crippen molar-refractivity contribution < 1.29 is 18.0 Å². The number of rotatable bonds is 5. The van der Waals surface area contributed by atoms with E-state index in [-0.39, 0.29) is 36.2 Å². The number of nitrogens with one attached hydrogen (secondary N) is 1. The van der Waals surface area contributed by atoms with Crippen molar-refractivity contribution in [3.05, 3.63) is 35.4 Å². The summed E-state index contributed by atoms with van der Waals surface area (Å²) in [6.45, 7) is 2.36. The monoisotopic (exact) mass is 336 g/mol. The van der Waals surface area contributed by atoms with Gasteiger partial charge in [0.25, 0.3) is 0 Å². The van der Waals surface area contributed by atoms with E-state index < -0.39 is 11.7 Å². The minimum absolute atomic E-state index is 0. The maximum Gasteiger partial charge on any atom is 0.416 e. The van der Waals surface area contributed by atoms with Crippen molar-refractivity contribution in [1.29, 1.82) is 0 Å². The van der Waals surface area contributed by atoms with Crippen molar-refractivity contribution in [1.82, 2.24) is 5.32 Å². The van der Waals surface area contributed by atoms with Crippen molar-refractivity contribution in [2.24, 2.45) is 11.7 Å². The highest BCUT2D eigenvalue weighted by atomic mass is 35.5.